The van der Waals surface area contributed by atoms with E-state index in [1.807, 2.05) is 32.2 Å². The molecule has 0 fully saturated rings. The predicted molar refractivity (Wildman–Crippen MR) is 69.4 cm³/mol. The van der Waals surface area contributed by atoms with Crippen molar-refractivity contribution in [2.75, 3.05) is 13.6 Å². The number of hydrogen-bond donors (Lipinski definition) is 1. The Morgan fingerprint density at radius 2 is 2.19 bits per heavy atom. The largest absolute Gasteiger partial charge is 0.489 e. The molecule has 1 aromatic rings. The molecular weight excluding hydrogens is 222 g/mol. The second-order valence-electron chi connectivity index (χ2n) is 4.00. The van der Waals surface area contributed by atoms with Crippen LogP contribution in [0, 0.1) is 6.92 Å². The van der Waals surface area contributed by atoms with Gasteiger partial charge in [-0.25, -0.2) is 0 Å². The molecule has 0 aliphatic rings. The quantitative estimate of drug-likeness (QED) is 0.824. The molecule has 0 bridgehead atoms. The maximum Gasteiger partial charge on any atom is 0.124 e. The molecule has 1 atom stereocenters. The van der Waals surface area contributed by atoms with Crippen molar-refractivity contribution in [3.63, 3.8) is 0 Å². The molecule has 1 N–H and O–H groups in total. The van der Waals surface area contributed by atoms with Gasteiger partial charge >= 0.3 is 0 Å². The third-order valence-electron chi connectivity index (χ3n) is 2.49. The smallest absolute Gasteiger partial charge is 0.124 e. The van der Waals surface area contributed by atoms with Crippen LogP contribution in [0.15, 0.2) is 18.2 Å². The van der Waals surface area contributed by atoms with Crippen LogP contribution in [0.4, 0.5) is 0 Å². The fourth-order valence-electron chi connectivity index (χ4n) is 1.63. The molecule has 0 spiro atoms. The molecule has 1 aromatic carbocycles. The summed E-state index contributed by atoms with van der Waals surface area (Å²) in [5.41, 5.74) is 1.13. The summed E-state index contributed by atoms with van der Waals surface area (Å²) < 4.78 is 5.96. The maximum absolute atomic E-state index is 5.96. The molecule has 0 amide bonds. The van der Waals surface area contributed by atoms with E-state index in [0.717, 1.165) is 35.7 Å². The molecule has 0 aliphatic heterocycles. The highest BCUT2D eigenvalue weighted by Crippen LogP contribution is 2.24. The molecule has 90 valence electrons. The molecule has 0 saturated heterocycles. The number of halogens is 1. The summed E-state index contributed by atoms with van der Waals surface area (Å²) in [7, 11) is 1.94. The Morgan fingerprint density at radius 3 is 2.81 bits per heavy atom. The number of aryl methyl sites for hydroxylation is 1. The zero-order valence-electron chi connectivity index (χ0n) is 10.2. The first-order valence-corrected chi connectivity index (χ1v) is 6.12. The van der Waals surface area contributed by atoms with Gasteiger partial charge in [0.2, 0.25) is 0 Å². The fourth-order valence-corrected chi connectivity index (χ4v) is 1.79. The van der Waals surface area contributed by atoms with Crippen LogP contribution in [0.25, 0.3) is 0 Å². The highest BCUT2D eigenvalue weighted by atomic mass is 35.5. The van der Waals surface area contributed by atoms with E-state index in [2.05, 4.69) is 12.2 Å². The fraction of sp³-hybridized carbons (Fsp3) is 0.538. The molecule has 1 rings (SSSR count). The van der Waals surface area contributed by atoms with Crippen LogP contribution in [0.3, 0.4) is 0 Å². The Bertz CT molecular complexity index is 322. The minimum atomic E-state index is 0.215. The first-order chi connectivity index (χ1) is 7.67. The number of ether oxygens (including phenoxy) is 1. The normalized spacial score (nSPS) is 12.5. The second-order valence-corrected chi connectivity index (χ2v) is 4.43. The molecule has 1 unspecified atom stereocenters. The van der Waals surface area contributed by atoms with Crippen LogP contribution in [-0.4, -0.2) is 19.7 Å². The number of likely N-dealkylation sites (N-methyl/N-ethyl adjacent to an activating group) is 1. The average molecular weight is 242 g/mol. The minimum Gasteiger partial charge on any atom is -0.489 e. The van der Waals surface area contributed by atoms with Gasteiger partial charge in [0.15, 0.2) is 0 Å². The Labute approximate surface area is 103 Å². The van der Waals surface area contributed by atoms with E-state index in [-0.39, 0.29) is 6.10 Å². The Hall–Kier alpha value is -0.730. The van der Waals surface area contributed by atoms with Crippen molar-refractivity contribution in [1.82, 2.24) is 5.32 Å². The van der Waals surface area contributed by atoms with Crippen LogP contribution < -0.4 is 10.1 Å². The average Bonchev–Trinajstić information content (AvgIpc) is 2.24. The van der Waals surface area contributed by atoms with Crippen molar-refractivity contribution in [2.24, 2.45) is 0 Å². The van der Waals surface area contributed by atoms with Gasteiger partial charge in [-0.05, 0) is 38.1 Å². The van der Waals surface area contributed by atoms with Gasteiger partial charge in [0.05, 0.1) is 0 Å². The number of benzene rings is 1. The van der Waals surface area contributed by atoms with E-state index in [4.69, 9.17) is 16.3 Å². The zero-order chi connectivity index (χ0) is 12.0. The van der Waals surface area contributed by atoms with Crippen LogP contribution in [0.2, 0.25) is 5.02 Å². The van der Waals surface area contributed by atoms with E-state index in [9.17, 15) is 0 Å². The van der Waals surface area contributed by atoms with Crippen molar-refractivity contribution in [1.29, 1.82) is 0 Å². The molecule has 2 nitrogen and oxygen atoms in total. The van der Waals surface area contributed by atoms with E-state index in [1.165, 1.54) is 0 Å². The van der Waals surface area contributed by atoms with E-state index < -0.39 is 0 Å². The summed E-state index contributed by atoms with van der Waals surface area (Å²) in [6, 6.07) is 5.76. The van der Waals surface area contributed by atoms with Crippen LogP contribution in [-0.2, 0) is 0 Å². The third-order valence-corrected chi connectivity index (χ3v) is 2.72. The van der Waals surface area contributed by atoms with E-state index in [1.54, 1.807) is 0 Å². The highest BCUT2D eigenvalue weighted by molar-refractivity contribution is 6.30. The standard InChI is InChI=1S/C13H20ClNO/c1-4-5-12(9-15-3)16-13-8-11(14)7-6-10(13)2/h6-8,12,15H,4-5,9H2,1-3H3. The SMILES string of the molecule is CCCC(CNC)Oc1cc(Cl)ccc1C. The third kappa shape index (κ3) is 4.03. The van der Waals surface area contributed by atoms with Gasteiger partial charge in [-0.3, -0.25) is 0 Å². The van der Waals surface area contributed by atoms with Gasteiger partial charge in [-0.2, -0.15) is 0 Å². The second kappa shape index (κ2) is 6.77. The Kier molecular flexibility index (Phi) is 5.64. The lowest BCUT2D eigenvalue weighted by Crippen LogP contribution is -2.29. The maximum atomic E-state index is 5.96. The lowest BCUT2D eigenvalue weighted by molar-refractivity contribution is 0.188. The molecule has 0 heterocycles. The molecule has 0 aromatic heterocycles. The first kappa shape index (κ1) is 13.3. The summed E-state index contributed by atoms with van der Waals surface area (Å²) in [5, 5.41) is 3.87. The van der Waals surface area contributed by atoms with Gasteiger partial charge in [0.1, 0.15) is 11.9 Å². The van der Waals surface area contributed by atoms with Crippen LogP contribution in [0.1, 0.15) is 25.3 Å². The number of nitrogens with one attached hydrogen (secondary N) is 1. The monoisotopic (exact) mass is 241 g/mol. The van der Waals surface area contributed by atoms with Gasteiger partial charge in [-0.15, -0.1) is 0 Å². The van der Waals surface area contributed by atoms with Gasteiger partial charge < -0.3 is 10.1 Å². The van der Waals surface area contributed by atoms with E-state index in [0.29, 0.717) is 0 Å². The lowest BCUT2D eigenvalue weighted by atomic mass is 10.2. The molecule has 0 saturated carbocycles. The zero-order valence-corrected chi connectivity index (χ0v) is 11.0. The van der Waals surface area contributed by atoms with Crippen molar-refractivity contribution in [3.05, 3.63) is 28.8 Å². The molecule has 0 radical (unpaired) electrons. The predicted octanol–water partition coefficient (Wildman–Crippen LogP) is 3.42. The summed E-state index contributed by atoms with van der Waals surface area (Å²) in [6.45, 7) is 5.06. The summed E-state index contributed by atoms with van der Waals surface area (Å²) in [6.07, 6.45) is 2.38. The van der Waals surface area contributed by atoms with Gasteiger partial charge in [0, 0.05) is 11.6 Å². The highest BCUT2D eigenvalue weighted by Gasteiger charge is 2.10. The van der Waals surface area contributed by atoms with Crippen LogP contribution >= 0.6 is 11.6 Å². The molecular formula is C13H20ClNO. The van der Waals surface area contributed by atoms with Gasteiger partial charge in [0.25, 0.3) is 0 Å². The number of hydrogen-bond acceptors (Lipinski definition) is 2. The summed E-state index contributed by atoms with van der Waals surface area (Å²) in [4.78, 5) is 0. The molecule has 16 heavy (non-hydrogen) atoms. The minimum absolute atomic E-state index is 0.215. The first-order valence-electron chi connectivity index (χ1n) is 5.74. The topological polar surface area (TPSA) is 21.3 Å². The Balaban J connectivity index is 2.71. The van der Waals surface area contributed by atoms with Crippen molar-refractivity contribution in [2.45, 2.75) is 32.8 Å². The van der Waals surface area contributed by atoms with E-state index >= 15 is 0 Å². The lowest BCUT2D eigenvalue weighted by Gasteiger charge is -2.19. The van der Waals surface area contributed by atoms with Gasteiger partial charge in [-0.1, -0.05) is 31.0 Å². The summed E-state index contributed by atoms with van der Waals surface area (Å²) >= 11 is 5.96. The molecule has 3 heteroatoms. The van der Waals surface area contributed by atoms with Crippen molar-refractivity contribution in [3.8, 4) is 5.75 Å². The number of rotatable bonds is 6. The Morgan fingerprint density at radius 1 is 1.44 bits per heavy atom. The van der Waals surface area contributed by atoms with Crippen LogP contribution in [0.5, 0.6) is 5.75 Å². The van der Waals surface area contributed by atoms with Crippen molar-refractivity contribution < 1.29 is 4.74 Å². The summed E-state index contributed by atoms with van der Waals surface area (Å²) in [5.74, 6) is 0.890. The van der Waals surface area contributed by atoms with Crippen molar-refractivity contribution >= 4 is 11.6 Å². The molecule has 0 aliphatic carbocycles.